The number of morpholine rings is 1. The van der Waals surface area contributed by atoms with Gasteiger partial charge in [0.15, 0.2) is 0 Å². The van der Waals surface area contributed by atoms with Gasteiger partial charge in [-0.25, -0.2) is 8.42 Å². The summed E-state index contributed by atoms with van der Waals surface area (Å²) in [5.41, 5.74) is 1.22. The molecule has 0 saturated carbocycles. The van der Waals surface area contributed by atoms with E-state index in [4.69, 9.17) is 4.74 Å². The highest BCUT2D eigenvalue weighted by molar-refractivity contribution is 7.89. The maximum Gasteiger partial charge on any atom is 0.293 e. The Labute approximate surface area is 169 Å². The lowest BCUT2D eigenvalue weighted by Gasteiger charge is -2.28. The van der Waals surface area contributed by atoms with E-state index in [0.717, 1.165) is 18.4 Å². The molecule has 0 bridgehead atoms. The standard InChI is InChI=1S/C19H22N4O5S/c24-23(25)19-13-16(29(26,27)21-9-11-28-12-10-21)5-6-18(19)22-8-2-4-17(22)15-3-1-7-20-14-15/h1,3,5-7,13-14,17H,2,4,8-12H2. The van der Waals surface area contributed by atoms with Crippen molar-refractivity contribution in [3.63, 3.8) is 0 Å². The summed E-state index contributed by atoms with van der Waals surface area (Å²) in [6.45, 7) is 1.79. The fraction of sp³-hybridized carbons (Fsp3) is 0.421. The fourth-order valence-electron chi connectivity index (χ4n) is 3.96. The molecular weight excluding hydrogens is 396 g/mol. The van der Waals surface area contributed by atoms with Crippen LogP contribution in [0.1, 0.15) is 24.4 Å². The molecule has 1 aromatic carbocycles. The van der Waals surface area contributed by atoms with Crippen LogP contribution in [0.2, 0.25) is 0 Å². The molecule has 154 valence electrons. The van der Waals surface area contributed by atoms with Gasteiger partial charge in [-0.15, -0.1) is 0 Å². The number of anilines is 1. The van der Waals surface area contributed by atoms with Gasteiger partial charge in [0.1, 0.15) is 5.69 Å². The van der Waals surface area contributed by atoms with Crippen molar-refractivity contribution in [2.24, 2.45) is 0 Å². The summed E-state index contributed by atoms with van der Waals surface area (Å²) in [6, 6.07) is 7.98. The molecule has 2 aromatic rings. The van der Waals surface area contributed by atoms with E-state index in [-0.39, 0.29) is 29.7 Å². The lowest BCUT2D eigenvalue weighted by atomic mass is 10.1. The van der Waals surface area contributed by atoms with Crippen molar-refractivity contribution in [1.82, 2.24) is 9.29 Å². The van der Waals surface area contributed by atoms with Gasteiger partial charge in [-0.2, -0.15) is 4.31 Å². The maximum atomic E-state index is 12.9. The molecule has 0 aliphatic carbocycles. The minimum absolute atomic E-state index is 0.0240. The van der Waals surface area contributed by atoms with Crippen LogP contribution in [0.15, 0.2) is 47.6 Å². The van der Waals surface area contributed by atoms with E-state index >= 15 is 0 Å². The predicted octanol–water partition coefficient (Wildman–Crippen LogP) is 2.35. The van der Waals surface area contributed by atoms with E-state index in [1.54, 1.807) is 18.5 Å². The summed E-state index contributed by atoms with van der Waals surface area (Å²) in [7, 11) is -3.80. The van der Waals surface area contributed by atoms with Crippen molar-refractivity contribution in [1.29, 1.82) is 0 Å². The quantitative estimate of drug-likeness (QED) is 0.542. The number of nitro benzene ring substituents is 1. The van der Waals surface area contributed by atoms with Gasteiger partial charge in [-0.3, -0.25) is 15.1 Å². The van der Waals surface area contributed by atoms with E-state index in [1.165, 1.54) is 16.4 Å². The largest absolute Gasteiger partial charge is 0.379 e. The predicted molar refractivity (Wildman–Crippen MR) is 106 cm³/mol. The maximum absolute atomic E-state index is 12.9. The Morgan fingerprint density at radius 2 is 1.97 bits per heavy atom. The van der Waals surface area contributed by atoms with Crippen molar-refractivity contribution < 1.29 is 18.1 Å². The number of pyridine rings is 1. The molecule has 29 heavy (non-hydrogen) atoms. The average Bonchev–Trinajstić information content (AvgIpc) is 3.24. The average molecular weight is 418 g/mol. The van der Waals surface area contributed by atoms with Crippen LogP contribution >= 0.6 is 0 Å². The minimum Gasteiger partial charge on any atom is -0.379 e. The van der Waals surface area contributed by atoms with Crippen molar-refractivity contribution in [3.8, 4) is 0 Å². The topological polar surface area (TPSA) is 106 Å². The van der Waals surface area contributed by atoms with Gasteiger partial charge in [-0.05, 0) is 36.6 Å². The zero-order valence-corrected chi connectivity index (χ0v) is 16.6. The Bertz CT molecular complexity index is 993. The van der Waals surface area contributed by atoms with E-state index in [1.807, 2.05) is 17.0 Å². The highest BCUT2D eigenvalue weighted by Crippen LogP contribution is 2.41. The zero-order chi connectivity index (χ0) is 20.4. The van der Waals surface area contributed by atoms with Gasteiger partial charge in [0, 0.05) is 38.1 Å². The first-order chi connectivity index (χ1) is 14.0. The summed E-state index contributed by atoms with van der Waals surface area (Å²) in [6.07, 6.45) is 5.21. The first kappa shape index (κ1) is 19.7. The molecule has 4 rings (SSSR count). The molecule has 10 heteroatoms. The van der Waals surface area contributed by atoms with Gasteiger partial charge in [0.05, 0.1) is 29.1 Å². The first-order valence-electron chi connectivity index (χ1n) is 9.51. The van der Waals surface area contributed by atoms with E-state index < -0.39 is 14.9 Å². The molecule has 2 aliphatic rings. The minimum atomic E-state index is -3.80. The van der Waals surface area contributed by atoms with Crippen LogP contribution in [-0.2, 0) is 14.8 Å². The number of aromatic nitrogens is 1. The van der Waals surface area contributed by atoms with Crippen LogP contribution in [-0.4, -0.2) is 55.5 Å². The Morgan fingerprint density at radius 1 is 1.17 bits per heavy atom. The number of hydrogen-bond donors (Lipinski definition) is 0. The smallest absolute Gasteiger partial charge is 0.293 e. The van der Waals surface area contributed by atoms with Crippen LogP contribution < -0.4 is 4.90 Å². The molecule has 1 unspecified atom stereocenters. The molecule has 0 radical (unpaired) electrons. The summed E-state index contributed by atoms with van der Waals surface area (Å²) in [5.74, 6) is 0. The number of ether oxygens (including phenoxy) is 1. The van der Waals surface area contributed by atoms with Crippen LogP contribution in [0.5, 0.6) is 0 Å². The number of sulfonamides is 1. The Balaban J connectivity index is 1.71. The van der Waals surface area contributed by atoms with Gasteiger partial charge < -0.3 is 9.64 Å². The van der Waals surface area contributed by atoms with Crippen molar-refractivity contribution in [2.45, 2.75) is 23.8 Å². The third-order valence-corrected chi connectivity index (χ3v) is 7.28. The third-order valence-electron chi connectivity index (χ3n) is 5.38. The number of benzene rings is 1. The van der Waals surface area contributed by atoms with Crippen LogP contribution in [0.3, 0.4) is 0 Å². The van der Waals surface area contributed by atoms with Crippen molar-refractivity contribution in [2.75, 3.05) is 37.7 Å². The number of rotatable bonds is 5. The highest BCUT2D eigenvalue weighted by Gasteiger charge is 2.33. The summed E-state index contributed by atoms with van der Waals surface area (Å²) in [5, 5.41) is 11.8. The molecule has 0 amide bonds. The Hall–Kier alpha value is -2.56. The highest BCUT2D eigenvalue weighted by atomic mass is 32.2. The second kappa shape index (κ2) is 8.05. The third kappa shape index (κ3) is 3.83. The van der Waals surface area contributed by atoms with E-state index in [9.17, 15) is 18.5 Å². The molecule has 0 spiro atoms. The van der Waals surface area contributed by atoms with Gasteiger partial charge in [-0.1, -0.05) is 6.07 Å². The normalized spacial score (nSPS) is 20.7. The van der Waals surface area contributed by atoms with Crippen LogP contribution in [0.25, 0.3) is 0 Å². The van der Waals surface area contributed by atoms with E-state index in [0.29, 0.717) is 25.4 Å². The molecular formula is C19H22N4O5S. The summed E-state index contributed by atoms with van der Waals surface area (Å²) < 4.78 is 32.3. The molecule has 1 aromatic heterocycles. The zero-order valence-electron chi connectivity index (χ0n) is 15.8. The van der Waals surface area contributed by atoms with Crippen molar-refractivity contribution >= 4 is 21.4 Å². The molecule has 2 saturated heterocycles. The molecule has 2 fully saturated rings. The SMILES string of the molecule is O=[N+]([O-])c1cc(S(=O)(=O)N2CCOCC2)ccc1N1CCCC1c1cccnc1. The molecule has 0 N–H and O–H groups in total. The van der Waals surface area contributed by atoms with Crippen LogP contribution in [0.4, 0.5) is 11.4 Å². The lowest BCUT2D eigenvalue weighted by Crippen LogP contribution is -2.40. The monoisotopic (exact) mass is 418 g/mol. The summed E-state index contributed by atoms with van der Waals surface area (Å²) >= 11 is 0. The molecule has 2 aliphatic heterocycles. The molecule has 1 atom stereocenters. The molecule has 3 heterocycles. The second-order valence-corrected chi connectivity index (χ2v) is 9.00. The Morgan fingerprint density at radius 3 is 2.66 bits per heavy atom. The first-order valence-corrected chi connectivity index (χ1v) is 11.0. The Kier molecular flexibility index (Phi) is 5.48. The number of nitro groups is 1. The van der Waals surface area contributed by atoms with Gasteiger partial charge in [0.25, 0.3) is 5.69 Å². The summed E-state index contributed by atoms with van der Waals surface area (Å²) in [4.78, 5) is 17.4. The lowest BCUT2D eigenvalue weighted by molar-refractivity contribution is -0.384. The number of nitrogens with zero attached hydrogens (tertiary/aromatic N) is 4. The van der Waals surface area contributed by atoms with E-state index in [2.05, 4.69) is 4.98 Å². The second-order valence-electron chi connectivity index (χ2n) is 7.06. The van der Waals surface area contributed by atoms with Crippen LogP contribution in [0, 0.1) is 10.1 Å². The number of hydrogen-bond acceptors (Lipinski definition) is 7. The van der Waals surface area contributed by atoms with Gasteiger partial charge >= 0.3 is 0 Å². The fourth-order valence-corrected chi connectivity index (χ4v) is 5.39. The van der Waals surface area contributed by atoms with Gasteiger partial charge in [0.2, 0.25) is 10.0 Å². The van der Waals surface area contributed by atoms with Crippen molar-refractivity contribution in [3.05, 3.63) is 58.4 Å². The molecule has 9 nitrogen and oxygen atoms in total.